The molecule has 0 radical (unpaired) electrons. The Morgan fingerprint density at radius 3 is 2.63 bits per heavy atom. The molecule has 2 aromatic rings. The van der Waals surface area contributed by atoms with Gasteiger partial charge < -0.3 is 15.3 Å². The summed E-state index contributed by atoms with van der Waals surface area (Å²) < 4.78 is 39.0. The Bertz CT molecular complexity index is 851. The quantitative estimate of drug-likeness (QED) is 0.853. The maximum Gasteiger partial charge on any atom is 0.394 e. The number of likely N-dealkylation sites (tertiary alicyclic amines) is 1. The highest BCUT2D eigenvalue weighted by molar-refractivity contribution is 5.82. The monoisotopic (exact) mass is 381 g/mol. The van der Waals surface area contributed by atoms with E-state index in [9.17, 15) is 22.8 Å². The van der Waals surface area contributed by atoms with Gasteiger partial charge in [-0.05, 0) is 18.1 Å². The summed E-state index contributed by atoms with van der Waals surface area (Å²) >= 11 is 0. The summed E-state index contributed by atoms with van der Waals surface area (Å²) in [6, 6.07) is 8.69. The maximum absolute atomic E-state index is 13.0. The molecule has 2 N–H and O–H groups in total. The fraction of sp³-hybridized carbons (Fsp3) is 0.389. The number of carbonyl (C=O) groups excluding carboxylic acids is 1. The van der Waals surface area contributed by atoms with Crippen LogP contribution >= 0.6 is 0 Å². The predicted molar refractivity (Wildman–Crippen MR) is 91.1 cm³/mol. The number of carboxylic acid groups (broad SMARTS) is 1. The molecule has 1 saturated heterocycles. The minimum atomic E-state index is -4.66. The lowest BCUT2D eigenvalue weighted by Crippen LogP contribution is -2.40. The Kier molecular flexibility index (Phi) is 5.20. The van der Waals surface area contributed by atoms with Gasteiger partial charge in [0.2, 0.25) is 0 Å². The van der Waals surface area contributed by atoms with Gasteiger partial charge in [0.15, 0.2) is 0 Å². The molecule has 1 aromatic carbocycles. The van der Waals surface area contributed by atoms with Gasteiger partial charge in [0, 0.05) is 31.2 Å². The van der Waals surface area contributed by atoms with Gasteiger partial charge in [0.1, 0.15) is 0 Å². The van der Waals surface area contributed by atoms with Crippen molar-refractivity contribution in [3.05, 3.63) is 42.1 Å². The number of amides is 2. The molecular formula is C18H18F3N3O3. The average molecular weight is 381 g/mol. The summed E-state index contributed by atoms with van der Waals surface area (Å²) in [5, 5.41) is 12.5. The second kappa shape index (κ2) is 7.42. The van der Waals surface area contributed by atoms with Gasteiger partial charge in [-0.3, -0.25) is 9.78 Å². The first-order valence-corrected chi connectivity index (χ1v) is 8.42. The Morgan fingerprint density at radius 1 is 1.22 bits per heavy atom. The van der Waals surface area contributed by atoms with Gasteiger partial charge in [-0.15, -0.1) is 0 Å². The number of urea groups is 1. The number of aromatic nitrogens is 1. The van der Waals surface area contributed by atoms with Crippen molar-refractivity contribution < 1.29 is 27.9 Å². The number of halogens is 3. The van der Waals surface area contributed by atoms with E-state index in [-0.39, 0.29) is 6.54 Å². The molecule has 0 bridgehead atoms. The number of pyridine rings is 1. The van der Waals surface area contributed by atoms with Crippen molar-refractivity contribution >= 4 is 22.9 Å². The molecular weight excluding hydrogens is 363 g/mol. The van der Waals surface area contributed by atoms with Gasteiger partial charge in [-0.2, -0.15) is 13.2 Å². The number of nitrogens with zero attached hydrogens (tertiary/aromatic N) is 2. The average Bonchev–Trinajstić information content (AvgIpc) is 3.08. The molecule has 0 saturated carbocycles. The highest BCUT2D eigenvalue weighted by Crippen LogP contribution is 2.37. The van der Waals surface area contributed by atoms with Crippen LogP contribution < -0.4 is 5.32 Å². The molecule has 1 aliphatic heterocycles. The van der Waals surface area contributed by atoms with E-state index >= 15 is 0 Å². The van der Waals surface area contributed by atoms with Crippen LogP contribution in [0.15, 0.2) is 36.5 Å². The topological polar surface area (TPSA) is 82.5 Å². The molecule has 27 heavy (non-hydrogen) atoms. The Labute approximate surface area is 153 Å². The third-order valence-corrected chi connectivity index (χ3v) is 4.73. The molecule has 9 heteroatoms. The standard InChI is InChI=1S/C18H18F3N3O3/c19-18(20,21)14-10-24(9-13(14)16(25)26)17(27)23-8-6-12-4-1-3-11-5-2-7-22-15(11)12/h1-5,7,13-14H,6,8-10H2,(H,23,27)(H,25,26)/t13-,14-/m1/s1. The lowest BCUT2D eigenvalue weighted by molar-refractivity contribution is -0.187. The first-order valence-electron chi connectivity index (χ1n) is 8.42. The van der Waals surface area contributed by atoms with Crippen molar-refractivity contribution in [2.75, 3.05) is 19.6 Å². The number of benzene rings is 1. The molecule has 2 heterocycles. The van der Waals surface area contributed by atoms with Crippen LogP contribution in [0.4, 0.5) is 18.0 Å². The molecule has 1 aliphatic rings. The molecule has 1 aromatic heterocycles. The summed E-state index contributed by atoms with van der Waals surface area (Å²) in [6.45, 7) is -0.900. The zero-order valence-corrected chi connectivity index (χ0v) is 14.2. The maximum atomic E-state index is 13.0. The van der Waals surface area contributed by atoms with Crippen molar-refractivity contribution in [3.63, 3.8) is 0 Å². The van der Waals surface area contributed by atoms with Crippen LogP contribution in [0.5, 0.6) is 0 Å². The fourth-order valence-corrected chi connectivity index (χ4v) is 3.34. The molecule has 3 rings (SSSR count). The van der Waals surface area contributed by atoms with Crippen molar-refractivity contribution in [1.82, 2.24) is 15.2 Å². The van der Waals surface area contributed by atoms with E-state index in [0.717, 1.165) is 21.4 Å². The highest BCUT2D eigenvalue weighted by atomic mass is 19.4. The van der Waals surface area contributed by atoms with Crippen molar-refractivity contribution in [1.29, 1.82) is 0 Å². The van der Waals surface area contributed by atoms with E-state index in [2.05, 4.69) is 10.3 Å². The van der Waals surface area contributed by atoms with Crippen molar-refractivity contribution in [3.8, 4) is 0 Å². The minimum Gasteiger partial charge on any atom is -0.481 e. The number of nitrogens with one attached hydrogen (secondary N) is 1. The van der Waals surface area contributed by atoms with Crippen molar-refractivity contribution in [2.45, 2.75) is 12.6 Å². The summed E-state index contributed by atoms with van der Waals surface area (Å²) in [5.41, 5.74) is 1.71. The highest BCUT2D eigenvalue weighted by Gasteiger charge is 2.53. The normalized spacial score (nSPS) is 20.0. The molecule has 1 fully saturated rings. The van der Waals surface area contributed by atoms with E-state index in [1.165, 1.54) is 0 Å². The summed E-state index contributed by atoms with van der Waals surface area (Å²) in [5.74, 6) is -5.24. The van der Waals surface area contributed by atoms with Crippen LogP contribution in [-0.2, 0) is 11.2 Å². The van der Waals surface area contributed by atoms with Crippen molar-refractivity contribution in [2.24, 2.45) is 11.8 Å². The number of hydrogen-bond acceptors (Lipinski definition) is 3. The molecule has 6 nitrogen and oxygen atoms in total. The molecule has 0 spiro atoms. The van der Waals surface area contributed by atoms with Crippen LogP contribution in [0, 0.1) is 11.8 Å². The summed E-state index contributed by atoms with van der Waals surface area (Å²) in [6.07, 6.45) is -2.54. The zero-order valence-electron chi connectivity index (χ0n) is 14.2. The predicted octanol–water partition coefficient (Wildman–Crippen LogP) is 2.68. The third-order valence-electron chi connectivity index (χ3n) is 4.73. The van der Waals surface area contributed by atoms with E-state index in [4.69, 9.17) is 5.11 Å². The largest absolute Gasteiger partial charge is 0.481 e. The number of aliphatic carboxylic acids is 1. The van der Waals surface area contributed by atoms with E-state index < -0.39 is 43.1 Å². The molecule has 2 amide bonds. The molecule has 0 aliphatic carbocycles. The van der Waals surface area contributed by atoms with Crippen LogP contribution in [-0.4, -0.2) is 52.8 Å². The number of carbonyl (C=O) groups is 2. The Balaban J connectivity index is 1.60. The summed E-state index contributed by atoms with van der Waals surface area (Å²) in [4.78, 5) is 28.5. The summed E-state index contributed by atoms with van der Waals surface area (Å²) in [7, 11) is 0. The minimum absolute atomic E-state index is 0.208. The first-order chi connectivity index (χ1) is 12.8. The first kappa shape index (κ1) is 18.9. The van der Waals surface area contributed by atoms with Crippen LogP contribution in [0.1, 0.15) is 5.56 Å². The van der Waals surface area contributed by atoms with Crippen LogP contribution in [0.3, 0.4) is 0 Å². The van der Waals surface area contributed by atoms with Gasteiger partial charge >= 0.3 is 18.2 Å². The second-order valence-corrected chi connectivity index (χ2v) is 6.47. The molecule has 0 unspecified atom stereocenters. The lowest BCUT2D eigenvalue weighted by atomic mass is 9.96. The second-order valence-electron chi connectivity index (χ2n) is 6.47. The van der Waals surface area contributed by atoms with Crippen LogP contribution in [0.25, 0.3) is 10.9 Å². The van der Waals surface area contributed by atoms with Gasteiger partial charge in [0.25, 0.3) is 0 Å². The van der Waals surface area contributed by atoms with Gasteiger partial charge in [-0.1, -0.05) is 24.3 Å². The SMILES string of the molecule is O=C(O)[C@@H]1CN(C(=O)NCCc2cccc3cccnc23)C[C@H]1C(F)(F)F. The molecule has 144 valence electrons. The van der Waals surface area contributed by atoms with E-state index in [0.29, 0.717) is 6.42 Å². The Morgan fingerprint density at radius 2 is 1.96 bits per heavy atom. The van der Waals surface area contributed by atoms with E-state index in [1.54, 1.807) is 6.20 Å². The van der Waals surface area contributed by atoms with Crippen LogP contribution in [0.2, 0.25) is 0 Å². The van der Waals surface area contributed by atoms with Gasteiger partial charge in [-0.25, -0.2) is 4.79 Å². The third kappa shape index (κ3) is 4.12. The Hall–Kier alpha value is -2.84. The zero-order chi connectivity index (χ0) is 19.6. The number of alkyl halides is 3. The fourth-order valence-electron chi connectivity index (χ4n) is 3.34. The lowest BCUT2D eigenvalue weighted by Gasteiger charge is -2.18. The van der Waals surface area contributed by atoms with Gasteiger partial charge in [0.05, 0.1) is 17.4 Å². The number of para-hydroxylation sites is 1. The number of fused-ring (bicyclic) bond motifs is 1. The number of carboxylic acids is 1. The molecule has 2 atom stereocenters. The number of hydrogen-bond donors (Lipinski definition) is 2. The number of rotatable bonds is 4. The smallest absolute Gasteiger partial charge is 0.394 e. The van der Waals surface area contributed by atoms with E-state index in [1.807, 2.05) is 30.3 Å².